The Balaban J connectivity index is 1.69. The van der Waals surface area contributed by atoms with Gasteiger partial charge in [0.15, 0.2) is 0 Å². The molecule has 0 unspecified atom stereocenters. The third kappa shape index (κ3) is 4.01. The van der Waals surface area contributed by atoms with Gasteiger partial charge >= 0.3 is 0 Å². The van der Waals surface area contributed by atoms with Crippen LogP contribution in [0.5, 0.6) is 0 Å². The first kappa shape index (κ1) is 15.8. The van der Waals surface area contributed by atoms with Crippen molar-refractivity contribution in [3.05, 3.63) is 77.5 Å². The first-order valence-corrected chi connectivity index (χ1v) is 7.72. The van der Waals surface area contributed by atoms with E-state index in [-0.39, 0.29) is 5.91 Å². The highest BCUT2D eigenvalue weighted by Gasteiger charge is 2.09. The molecule has 0 aliphatic rings. The number of nitrogens with zero attached hydrogens (tertiary/aromatic N) is 1. The number of carbonyl (C=O) groups excluding carboxylic acids is 1. The molecule has 0 saturated heterocycles. The molecule has 0 bridgehead atoms. The van der Waals surface area contributed by atoms with Crippen LogP contribution in [0.1, 0.15) is 27.4 Å². The first-order valence-electron chi connectivity index (χ1n) is 7.72. The summed E-state index contributed by atoms with van der Waals surface area (Å²) in [5.74, 6) is 0.592. The van der Waals surface area contributed by atoms with Crippen molar-refractivity contribution < 1.29 is 9.21 Å². The highest BCUT2D eigenvalue weighted by atomic mass is 16.3. The van der Waals surface area contributed by atoms with Crippen LogP contribution in [0.25, 0.3) is 0 Å². The maximum atomic E-state index is 12.4. The third-order valence-electron chi connectivity index (χ3n) is 3.52. The monoisotopic (exact) mass is 321 g/mol. The molecular weight excluding hydrogens is 302 g/mol. The Morgan fingerprint density at radius 1 is 1.08 bits per heavy atom. The van der Waals surface area contributed by atoms with Crippen LogP contribution in [-0.4, -0.2) is 10.9 Å². The van der Waals surface area contributed by atoms with Gasteiger partial charge in [-0.3, -0.25) is 9.78 Å². The van der Waals surface area contributed by atoms with Crippen molar-refractivity contribution in [1.82, 2.24) is 4.98 Å². The van der Waals surface area contributed by atoms with Crippen molar-refractivity contribution in [3.8, 4) is 0 Å². The number of rotatable bonds is 5. The van der Waals surface area contributed by atoms with E-state index in [4.69, 9.17) is 4.42 Å². The Bertz CT molecular complexity index is 821. The lowest BCUT2D eigenvalue weighted by Crippen LogP contribution is -2.14. The number of anilines is 2. The second kappa shape index (κ2) is 7.00. The van der Waals surface area contributed by atoms with Crippen LogP contribution in [0, 0.1) is 13.8 Å². The molecule has 0 aliphatic heterocycles. The van der Waals surface area contributed by atoms with Crippen LogP contribution in [0.4, 0.5) is 11.4 Å². The molecule has 0 spiro atoms. The van der Waals surface area contributed by atoms with Crippen LogP contribution >= 0.6 is 0 Å². The Morgan fingerprint density at radius 3 is 2.58 bits per heavy atom. The fourth-order valence-electron chi connectivity index (χ4n) is 2.51. The van der Waals surface area contributed by atoms with Gasteiger partial charge in [0.1, 0.15) is 11.5 Å². The Labute approximate surface area is 140 Å². The summed E-state index contributed by atoms with van der Waals surface area (Å²) in [7, 11) is 0. The molecule has 0 aliphatic carbocycles. The van der Waals surface area contributed by atoms with Crippen molar-refractivity contribution in [3.63, 3.8) is 0 Å². The zero-order chi connectivity index (χ0) is 16.9. The van der Waals surface area contributed by atoms with Crippen molar-refractivity contribution in [2.24, 2.45) is 0 Å². The van der Waals surface area contributed by atoms with Gasteiger partial charge in [-0.2, -0.15) is 0 Å². The van der Waals surface area contributed by atoms with Gasteiger partial charge in [0, 0.05) is 17.6 Å². The van der Waals surface area contributed by atoms with Gasteiger partial charge in [0.2, 0.25) is 0 Å². The number of hydrogen-bond donors (Lipinski definition) is 2. The average molecular weight is 321 g/mol. The summed E-state index contributed by atoms with van der Waals surface area (Å²) in [4.78, 5) is 16.6. The lowest BCUT2D eigenvalue weighted by Gasteiger charge is -2.09. The number of amides is 1. The number of benzene rings is 1. The van der Waals surface area contributed by atoms with E-state index in [2.05, 4.69) is 21.7 Å². The maximum Gasteiger partial charge on any atom is 0.274 e. The van der Waals surface area contributed by atoms with Crippen molar-refractivity contribution in [2.45, 2.75) is 20.4 Å². The van der Waals surface area contributed by atoms with E-state index >= 15 is 0 Å². The molecule has 2 N–H and O–H groups in total. The summed E-state index contributed by atoms with van der Waals surface area (Å²) in [6.45, 7) is 4.55. The molecule has 3 rings (SSSR count). The van der Waals surface area contributed by atoms with Gasteiger partial charge in [0.05, 0.1) is 12.8 Å². The van der Waals surface area contributed by atoms with E-state index in [0.717, 1.165) is 28.3 Å². The van der Waals surface area contributed by atoms with E-state index in [9.17, 15) is 4.79 Å². The van der Waals surface area contributed by atoms with Crippen molar-refractivity contribution in [2.75, 3.05) is 10.6 Å². The summed E-state index contributed by atoms with van der Waals surface area (Å²) in [6.07, 6.45) is 3.24. The number of nitrogens with one attached hydrogen (secondary N) is 2. The highest BCUT2D eigenvalue weighted by Crippen LogP contribution is 2.16. The molecule has 24 heavy (non-hydrogen) atoms. The van der Waals surface area contributed by atoms with Gasteiger partial charge in [-0.25, -0.2) is 0 Å². The fraction of sp³-hybridized carbons (Fsp3) is 0.158. The van der Waals surface area contributed by atoms with E-state index in [1.807, 2.05) is 44.2 Å². The van der Waals surface area contributed by atoms with Crippen molar-refractivity contribution >= 4 is 17.3 Å². The number of pyridine rings is 1. The quantitative estimate of drug-likeness (QED) is 0.740. The molecule has 3 aromatic rings. The van der Waals surface area contributed by atoms with Crippen LogP contribution in [-0.2, 0) is 6.54 Å². The molecule has 1 aromatic carbocycles. The molecule has 0 radical (unpaired) electrons. The van der Waals surface area contributed by atoms with E-state index < -0.39 is 0 Å². The van der Waals surface area contributed by atoms with Crippen LogP contribution < -0.4 is 10.6 Å². The molecule has 5 nitrogen and oxygen atoms in total. The zero-order valence-corrected chi connectivity index (χ0v) is 13.7. The number of furan rings is 1. The minimum Gasteiger partial charge on any atom is -0.467 e. The standard InChI is InChI=1S/C19H19N3O2/c1-13-8-14(2)10-16(9-13)22-19(23)18-11-15(5-6-20-18)21-12-17-4-3-7-24-17/h3-11H,12H2,1-2H3,(H,20,21)(H,22,23). The van der Waals surface area contributed by atoms with Crippen LogP contribution in [0.2, 0.25) is 0 Å². The molecular formula is C19H19N3O2. The van der Waals surface area contributed by atoms with E-state index in [1.54, 1.807) is 18.5 Å². The SMILES string of the molecule is Cc1cc(C)cc(NC(=O)c2cc(NCc3ccco3)ccn2)c1. The van der Waals surface area contributed by atoms with E-state index in [1.165, 1.54) is 0 Å². The largest absolute Gasteiger partial charge is 0.467 e. The lowest BCUT2D eigenvalue weighted by molar-refractivity contribution is 0.102. The number of aromatic nitrogens is 1. The predicted octanol–water partition coefficient (Wildman–Crippen LogP) is 4.16. The van der Waals surface area contributed by atoms with Crippen LogP contribution in [0.15, 0.2) is 59.3 Å². The molecule has 2 aromatic heterocycles. The Hall–Kier alpha value is -3.08. The Kier molecular flexibility index (Phi) is 4.61. The second-order valence-corrected chi connectivity index (χ2v) is 5.69. The maximum absolute atomic E-state index is 12.4. The van der Waals surface area contributed by atoms with Gasteiger partial charge in [-0.1, -0.05) is 6.07 Å². The number of carbonyl (C=O) groups is 1. The fourth-order valence-corrected chi connectivity index (χ4v) is 2.51. The minimum atomic E-state index is -0.235. The topological polar surface area (TPSA) is 67.2 Å². The molecule has 5 heteroatoms. The molecule has 1 amide bonds. The van der Waals surface area contributed by atoms with Gasteiger partial charge in [-0.05, 0) is 61.4 Å². The summed E-state index contributed by atoms with van der Waals surface area (Å²) >= 11 is 0. The zero-order valence-electron chi connectivity index (χ0n) is 13.7. The molecule has 0 saturated carbocycles. The minimum absolute atomic E-state index is 0.235. The summed E-state index contributed by atoms with van der Waals surface area (Å²) in [5.41, 5.74) is 4.15. The lowest BCUT2D eigenvalue weighted by atomic mass is 10.1. The van der Waals surface area contributed by atoms with Gasteiger partial charge in [-0.15, -0.1) is 0 Å². The first-order chi connectivity index (χ1) is 11.6. The Morgan fingerprint density at radius 2 is 1.88 bits per heavy atom. The van der Waals surface area contributed by atoms with E-state index in [0.29, 0.717) is 12.2 Å². The molecule has 2 heterocycles. The molecule has 0 atom stereocenters. The second-order valence-electron chi connectivity index (χ2n) is 5.69. The number of aryl methyl sites for hydroxylation is 2. The number of hydrogen-bond acceptors (Lipinski definition) is 4. The van der Waals surface area contributed by atoms with Crippen molar-refractivity contribution in [1.29, 1.82) is 0 Å². The normalized spacial score (nSPS) is 10.4. The molecule has 122 valence electrons. The summed E-state index contributed by atoms with van der Waals surface area (Å²) < 4.78 is 5.28. The van der Waals surface area contributed by atoms with Gasteiger partial charge in [0.25, 0.3) is 5.91 Å². The van der Waals surface area contributed by atoms with Gasteiger partial charge < -0.3 is 15.1 Å². The highest BCUT2D eigenvalue weighted by molar-refractivity contribution is 6.03. The average Bonchev–Trinajstić information content (AvgIpc) is 3.05. The summed E-state index contributed by atoms with van der Waals surface area (Å²) in [5, 5.41) is 6.10. The summed E-state index contributed by atoms with van der Waals surface area (Å²) in [6, 6.07) is 13.2. The molecule has 0 fully saturated rings. The third-order valence-corrected chi connectivity index (χ3v) is 3.52. The predicted molar refractivity (Wildman–Crippen MR) is 94.1 cm³/mol. The smallest absolute Gasteiger partial charge is 0.274 e. The van der Waals surface area contributed by atoms with Crippen LogP contribution in [0.3, 0.4) is 0 Å².